The predicted molar refractivity (Wildman–Crippen MR) is 32.5 cm³/mol. The van der Waals surface area contributed by atoms with Crippen LogP contribution in [0.25, 0.3) is 0 Å². The number of nitrogens with one attached hydrogen (secondary N) is 1. The third kappa shape index (κ3) is 1.93. The summed E-state index contributed by atoms with van der Waals surface area (Å²) >= 11 is 0. The van der Waals surface area contributed by atoms with Gasteiger partial charge in [-0.05, 0) is 0 Å². The molecule has 0 bridgehead atoms. The van der Waals surface area contributed by atoms with Crippen molar-refractivity contribution in [1.29, 1.82) is 0 Å². The summed E-state index contributed by atoms with van der Waals surface area (Å²) in [6.45, 7) is 0. The van der Waals surface area contributed by atoms with Crippen LogP contribution in [0.3, 0.4) is 0 Å². The van der Waals surface area contributed by atoms with Crippen molar-refractivity contribution in [2.75, 3.05) is 28.2 Å². The van der Waals surface area contributed by atoms with E-state index in [1.807, 2.05) is 21.1 Å². The van der Waals surface area contributed by atoms with E-state index in [9.17, 15) is 4.79 Å². The Morgan fingerprint density at radius 2 is 1.75 bits per heavy atom. The molecule has 0 aromatic carbocycles. The minimum Gasteiger partial charge on any atom is -0.309 e. The quantitative estimate of drug-likeness (QED) is 0.446. The molecule has 0 radical (unpaired) electrons. The summed E-state index contributed by atoms with van der Waals surface area (Å²) < 4.78 is 0.330. The zero-order chi connectivity index (χ0) is 6.78. The van der Waals surface area contributed by atoms with Crippen molar-refractivity contribution in [3.63, 3.8) is 0 Å². The molecule has 48 valence electrons. The van der Waals surface area contributed by atoms with Crippen molar-refractivity contribution in [3.8, 4) is 0 Å². The minimum atomic E-state index is 0.0185. The lowest BCUT2D eigenvalue weighted by molar-refractivity contribution is -0.787. The van der Waals surface area contributed by atoms with Crippen LogP contribution in [-0.2, 0) is 0 Å². The van der Waals surface area contributed by atoms with Crippen LogP contribution in [0, 0.1) is 0 Å². The topological polar surface area (TPSA) is 29.1 Å². The van der Waals surface area contributed by atoms with Crippen molar-refractivity contribution < 1.29 is 9.28 Å². The lowest BCUT2D eigenvalue weighted by Gasteiger charge is -2.18. The molecule has 2 amide bonds. The molecule has 0 rings (SSSR count). The number of quaternary nitrogens is 1. The standard InChI is InChI=1S/C5H12N2O/c1-6-5(8)7(2,3)4/h1-4H3/p+1. The van der Waals surface area contributed by atoms with Crippen LogP contribution in [0.2, 0.25) is 0 Å². The Morgan fingerprint density at radius 3 is 1.75 bits per heavy atom. The summed E-state index contributed by atoms with van der Waals surface area (Å²) in [4.78, 5) is 10.7. The number of carbonyl (C=O) groups is 1. The molecule has 0 atom stereocenters. The van der Waals surface area contributed by atoms with Gasteiger partial charge in [0.1, 0.15) is 0 Å². The van der Waals surface area contributed by atoms with Gasteiger partial charge in [-0.25, -0.2) is 9.28 Å². The second-order valence-corrected chi connectivity index (χ2v) is 2.57. The predicted octanol–water partition coefficient (Wildman–Crippen LogP) is 0.0320. The van der Waals surface area contributed by atoms with Crippen molar-refractivity contribution in [1.82, 2.24) is 5.32 Å². The monoisotopic (exact) mass is 117 g/mol. The van der Waals surface area contributed by atoms with E-state index < -0.39 is 0 Å². The van der Waals surface area contributed by atoms with E-state index in [0.29, 0.717) is 4.48 Å². The highest BCUT2D eigenvalue weighted by Gasteiger charge is 2.16. The molecule has 3 nitrogen and oxygen atoms in total. The Hall–Kier alpha value is -0.570. The van der Waals surface area contributed by atoms with Gasteiger partial charge in [0.25, 0.3) is 0 Å². The lowest BCUT2D eigenvalue weighted by Crippen LogP contribution is -2.46. The van der Waals surface area contributed by atoms with Gasteiger partial charge in [-0.3, -0.25) is 0 Å². The van der Waals surface area contributed by atoms with E-state index in [1.54, 1.807) is 7.05 Å². The van der Waals surface area contributed by atoms with E-state index in [-0.39, 0.29) is 6.03 Å². The fraction of sp³-hybridized carbons (Fsp3) is 0.800. The van der Waals surface area contributed by atoms with Crippen molar-refractivity contribution in [2.45, 2.75) is 0 Å². The van der Waals surface area contributed by atoms with E-state index in [1.165, 1.54) is 0 Å². The summed E-state index contributed by atoms with van der Waals surface area (Å²) in [7, 11) is 7.09. The first-order valence-electron chi connectivity index (χ1n) is 2.52. The Kier molecular flexibility index (Phi) is 1.98. The maximum absolute atomic E-state index is 10.7. The molecule has 8 heavy (non-hydrogen) atoms. The van der Waals surface area contributed by atoms with Crippen LogP contribution in [-0.4, -0.2) is 38.7 Å². The number of urea groups is 1. The van der Waals surface area contributed by atoms with Crippen LogP contribution in [0.5, 0.6) is 0 Å². The Labute approximate surface area is 49.9 Å². The molecule has 0 aromatic heterocycles. The summed E-state index contributed by atoms with van der Waals surface area (Å²) in [5.41, 5.74) is 0. The first kappa shape index (κ1) is 7.43. The van der Waals surface area contributed by atoms with E-state index in [0.717, 1.165) is 0 Å². The maximum atomic E-state index is 10.7. The molecule has 0 saturated carbocycles. The van der Waals surface area contributed by atoms with Crippen LogP contribution in [0.4, 0.5) is 4.79 Å². The van der Waals surface area contributed by atoms with Crippen LogP contribution in [0.15, 0.2) is 0 Å². The van der Waals surface area contributed by atoms with Crippen molar-refractivity contribution in [2.24, 2.45) is 0 Å². The Morgan fingerprint density at radius 1 is 1.38 bits per heavy atom. The highest BCUT2D eigenvalue weighted by Crippen LogP contribution is 1.87. The second kappa shape index (κ2) is 2.13. The molecule has 0 aliphatic heterocycles. The molecule has 0 aliphatic carbocycles. The van der Waals surface area contributed by atoms with Gasteiger partial charge in [0, 0.05) is 7.05 Å². The smallest absolute Gasteiger partial charge is 0.309 e. The van der Waals surface area contributed by atoms with Gasteiger partial charge in [0.15, 0.2) is 0 Å². The molecule has 0 aliphatic rings. The molecular formula is C5H13N2O+. The number of amides is 2. The summed E-state index contributed by atoms with van der Waals surface area (Å²) in [5, 5.41) is 2.54. The van der Waals surface area contributed by atoms with E-state index in [2.05, 4.69) is 5.32 Å². The Balaban J connectivity index is 3.82. The number of hydrogen-bond donors (Lipinski definition) is 1. The fourth-order valence-corrected chi connectivity index (χ4v) is 0.335. The van der Waals surface area contributed by atoms with Crippen LogP contribution in [0.1, 0.15) is 0 Å². The Bertz CT molecular complexity index is 93.1. The summed E-state index contributed by atoms with van der Waals surface area (Å²) in [5.74, 6) is 0. The van der Waals surface area contributed by atoms with Crippen LogP contribution < -0.4 is 5.32 Å². The van der Waals surface area contributed by atoms with Gasteiger partial charge in [-0.2, -0.15) is 0 Å². The number of nitrogens with zero attached hydrogens (tertiary/aromatic N) is 1. The number of hydrogen-bond acceptors (Lipinski definition) is 1. The number of rotatable bonds is 0. The zero-order valence-corrected chi connectivity index (χ0v) is 5.86. The van der Waals surface area contributed by atoms with Crippen molar-refractivity contribution in [3.05, 3.63) is 0 Å². The van der Waals surface area contributed by atoms with Gasteiger partial charge < -0.3 is 5.32 Å². The molecule has 0 heterocycles. The third-order valence-corrected chi connectivity index (χ3v) is 0.823. The number of carbonyl (C=O) groups excluding carboxylic acids is 1. The highest BCUT2D eigenvalue weighted by atomic mass is 16.2. The van der Waals surface area contributed by atoms with Gasteiger partial charge in [0.2, 0.25) is 0 Å². The maximum Gasteiger partial charge on any atom is 0.415 e. The molecule has 1 N–H and O–H groups in total. The zero-order valence-electron chi connectivity index (χ0n) is 5.86. The molecular weight excluding hydrogens is 104 g/mol. The SMILES string of the molecule is CNC(=O)[N+](C)(C)C. The van der Waals surface area contributed by atoms with Crippen molar-refractivity contribution >= 4 is 6.03 Å². The molecule has 0 spiro atoms. The fourth-order valence-electron chi connectivity index (χ4n) is 0.335. The summed E-state index contributed by atoms with van der Waals surface area (Å²) in [6.07, 6.45) is 0. The van der Waals surface area contributed by atoms with Gasteiger partial charge in [-0.15, -0.1) is 0 Å². The largest absolute Gasteiger partial charge is 0.415 e. The van der Waals surface area contributed by atoms with Gasteiger partial charge >= 0.3 is 6.03 Å². The lowest BCUT2D eigenvalue weighted by atomic mass is 10.7. The summed E-state index contributed by atoms with van der Waals surface area (Å²) in [6, 6.07) is 0.0185. The average Bonchev–Trinajstić information content (AvgIpc) is 1.62. The molecule has 3 heteroatoms. The van der Waals surface area contributed by atoms with E-state index in [4.69, 9.17) is 0 Å². The molecule has 0 saturated heterocycles. The first-order valence-corrected chi connectivity index (χ1v) is 2.52. The first-order chi connectivity index (χ1) is 3.48. The normalized spacial score (nSPS) is 11.0. The average molecular weight is 117 g/mol. The van der Waals surface area contributed by atoms with Gasteiger partial charge in [0.05, 0.1) is 21.1 Å². The molecule has 0 aromatic rings. The second-order valence-electron chi connectivity index (χ2n) is 2.57. The molecule has 0 unspecified atom stereocenters. The van der Waals surface area contributed by atoms with Gasteiger partial charge in [-0.1, -0.05) is 0 Å². The minimum absolute atomic E-state index is 0.0185. The van der Waals surface area contributed by atoms with Crippen LogP contribution >= 0.6 is 0 Å². The third-order valence-electron chi connectivity index (χ3n) is 0.823. The highest BCUT2D eigenvalue weighted by molar-refractivity contribution is 5.65. The molecule has 0 fully saturated rings. The van der Waals surface area contributed by atoms with E-state index >= 15 is 0 Å².